The van der Waals surface area contributed by atoms with Crippen molar-refractivity contribution in [2.45, 2.75) is 10.9 Å². The number of anilines is 1. The van der Waals surface area contributed by atoms with Crippen molar-refractivity contribution in [1.82, 2.24) is 14.5 Å². The maximum Gasteiger partial charge on any atom is 0.273 e. The number of thioether (sulfide) groups is 1. The fourth-order valence-electron chi connectivity index (χ4n) is 2.27. The fraction of sp³-hybridized carbons (Fsp3) is 0.250. The summed E-state index contributed by atoms with van der Waals surface area (Å²) in [6, 6.07) is 5.05. The summed E-state index contributed by atoms with van der Waals surface area (Å²) in [4.78, 5) is 33.3. The van der Waals surface area contributed by atoms with Crippen molar-refractivity contribution in [2.75, 3.05) is 25.8 Å². The molecule has 0 spiro atoms. The van der Waals surface area contributed by atoms with Crippen LogP contribution in [0, 0.1) is 0 Å². The molecule has 136 valence electrons. The van der Waals surface area contributed by atoms with Crippen molar-refractivity contribution in [3.8, 4) is 11.5 Å². The summed E-state index contributed by atoms with van der Waals surface area (Å²) in [6.45, 7) is -0.163. The van der Waals surface area contributed by atoms with Crippen LogP contribution in [0.25, 0.3) is 10.3 Å². The van der Waals surface area contributed by atoms with E-state index in [0.717, 1.165) is 4.34 Å². The van der Waals surface area contributed by atoms with Gasteiger partial charge in [-0.2, -0.15) is 0 Å². The van der Waals surface area contributed by atoms with E-state index in [4.69, 9.17) is 9.47 Å². The smallest absolute Gasteiger partial charge is 0.273 e. The molecule has 0 aliphatic carbocycles. The van der Waals surface area contributed by atoms with E-state index in [1.54, 1.807) is 25.3 Å². The Hall–Kier alpha value is -2.59. The number of nitrogens with zero attached hydrogens (tertiary/aromatic N) is 3. The van der Waals surface area contributed by atoms with Gasteiger partial charge in [-0.05, 0) is 18.4 Å². The average molecular weight is 392 g/mol. The lowest BCUT2D eigenvalue weighted by molar-refractivity contribution is -0.116. The van der Waals surface area contributed by atoms with E-state index >= 15 is 0 Å². The van der Waals surface area contributed by atoms with Crippen molar-refractivity contribution < 1.29 is 14.3 Å². The highest BCUT2D eigenvalue weighted by Gasteiger charge is 2.14. The summed E-state index contributed by atoms with van der Waals surface area (Å²) in [5.41, 5.74) is 0.602. The highest BCUT2D eigenvalue weighted by Crippen LogP contribution is 2.29. The molecule has 0 aliphatic heterocycles. The Kier molecular flexibility index (Phi) is 5.43. The number of carbonyl (C=O) groups excluding carboxylic acids is 1. The first-order chi connectivity index (χ1) is 12.5. The third-order valence-corrected chi connectivity index (χ3v) is 5.55. The van der Waals surface area contributed by atoms with E-state index in [1.165, 1.54) is 41.1 Å². The minimum atomic E-state index is -0.369. The molecular formula is C16H16N4O4S2. The standard InChI is InChI=1S/C16H16N4O4S2/c1-23-9-4-5-10(11(6-9)24-2)18-12(21)7-20-8-17-14-13(15(20)22)26-16(19-14)25-3/h4-6,8H,7H2,1-3H3,(H,18,21). The minimum absolute atomic E-state index is 0.163. The molecule has 0 aliphatic rings. The predicted molar refractivity (Wildman–Crippen MR) is 102 cm³/mol. The second kappa shape index (κ2) is 7.75. The van der Waals surface area contributed by atoms with Gasteiger partial charge >= 0.3 is 0 Å². The van der Waals surface area contributed by atoms with Crippen LogP contribution >= 0.6 is 23.1 Å². The van der Waals surface area contributed by atoms with Crippen LogP contribution in [0.3, 0.4) is 0 Å². The molecule has 3 aromatic rings. The third-order valence-electron chi connectivity index (χ3n) is 3.54. The largest absolute Gasteiger partial charge is 0.497 e. The maximum absolute atomic E-state index is 12.5. The molecule has 0 saturated carbocycles. The summed E-state index contributed by atoms with van der Waals surface area (Å²) < 4.78 is 12.8. The molecule has 1 amide bonds. The molecule has 1 aromatic carbocycles. The third kappa shape index (κ3) is 3.65. The quantitative estimate of drug-likeness (QED) is 0.643. The molecule has 8 nitrogen and oxygen atoms in total. The molecule has 10 heteroatoms. The minimum Gasteiger partial charge on any atom is -0.497 e. The maximum atomic E-state index is 12.5. The molecule has 0 bridgehead atoms. The van der Waals surface area contributed by atoms with Crippen molar-refractivity contribution >= 4 is 45.0 Å². The number of nitrogens with one attached hydrogen (secondary N) is 1. The lowest BCUT2D eigenvalue weighted by atomic mass is 10.2. The molecule has 0 saturated heterocycles. The number of thiazole rings is 1. The molecule has 26 heavy (non-hydrogen) atoms. The van der Waals surface area contributed by atoms with Gasteiger partial charge in [0, 0.05) is 6.07 Å². The monoisotopic (exact) mass is 392 g/mol. The van der Waals surface area contributed by atoms with Gasteiger partial charge in [0.15, 0.2) is 9.99 Å². The van der Waals surface area contributed by atoms with Gasteiger partial charge in [0.1, 0.15) is 29.1 Å². The first-order valence-electron chi connectivity index (χ1n) is 7.47. The number of rotatable bonds is 6. The van der Waals surface area contributed by atoms with Crippen LogP contribution < -0.4 is 20.3 Å². The summed E-state index contributed by atoms with van der Waals surface area (Å²) >= 11 is 2.72. The number of carbonyl (C=O) groups is 1. The van der Waals surface area contributed by atoms with Crippen molar-refractivity contribution in [3.05, 3.63) is 34.9 Å². The van der Waals surface area contributed by atoms with Gasteiger partial charge in [-0.15, -0.1) is 11.3 Å². The van der Waals surface area contributed by atoms with E-state index in [0.29, 0.717) is 27.5 Å². The second-order valence-corrected chi connectivity index (χ2v) is 7.18. The number of hydrogen-bond donors (Lipinski definition) is 1. The molecule has 1 N–H and O–H groups in total. The van der Waals surface area contributed by atoms with Gasteiger partial charge < -0.3 is 14.8 Å². The van der Waals surface area contributed by atoms with E-state index in [2.05, 4.69) is 15.3 Å². The summed E-state index contributed by atoms with van der Waals surface area (Å²) in [5, 5.41) is 2.73. The molecule has 2 heterocycles. The molecule has 0 radical (unpaired) electrons. The summed E-state index contributed by atoms with van der Waals surface area (Å²) in [7, 11) is 3.05. The van der Waals surface area contributed by atoms with E-state index in [1.807, 2.05) is 6.26 Å². The summed E-state index contributed by atoms with van der Waals surface area (Å²) in [5.74, 6) is 0.706. The van der Waals surface area contributed by atoms with Gasteiger partial charge in [0.05, 0.1) is 19.9 Å². The first-order valence-corrected chi connectivity index (χ1v) is 9.51. The Bertz CT molecular complexity index is 1020. The molecule has 0 atom stereocenters. The van der Waals surface area contributed by atoms with E-state index in [9.17, 15) is 9.59 Å². The van der Waals surface area contributed by atoms with Crippen LogP contribution in [0.2, 0.25) is 0 Å². The highest BCUT2D eigenvalue weighted by molar-refractivity contribution is 8.00. The van der Waals surface area contributed by atoms with Crippen molar-refractivity contribution in [2.24, 2.45) is 0 Å². The molecule has 2 aromatic heterocycles. The topological polar surface area (TPSA) is 95.3 Å². The lowest BCUT2D eigenvalue weighted by Gasteiger charge is -2.12. The van der Waals surface area contributed by atoms with Gasteiger partial charge in [0.2, 0.25) is 5.91 Å². The predicted octanol–water partition coefficient (Wildman–Crippen LogP) is 2.23. The number of hydrogen-bond acceptors (Lipinski definition) is 8. The zero-order valence-corrected chi connectivity index (χ0v) is 15.9. The zero-order valence-electron chi connectivity index (χ0n) is 14.3. The lowest BCUT2D eigenvalue weighted by Crippen LogP contribution is -2.27. The Morgan fingerprint density at radius 3 is 2.85 bits per heavy atom. The van der Waals surface area contributed by atoms with Crippen molar-refractivity contribution in [1.29, 1.82) is 0 Å². The molecule has 0 unspecified atom stereocenters. The fourth-order valence-corrected chi connectivity index (χ4v) is 3.74. The van der Waals surface area contributed by atoms with E-state index in [-0.39, 0.29) is 18.0 Å². The second-order valence-electron chi connectivity index (χ2n) is 5.13. The van der Waals surface area contributed by atoms with Crippen LogP contribution in [0.15, 0.2) is 33.7 Å². The van der Waals surface area contributed by atoms with Crippen LogP contribution in [-0.4, -0.2) is 40.9 Å². The van der Waals surface area contributed by atoms with Crippen molar-refractivity contribution in [3.63, 3.8) is 0 Å². The van der Waals surface area contributed by atoms with Gasteiger partial charge in [0.25, 0.3) is 5.56 Å². The van der Waals surface area contributed by atoms with Crippen LogP contribution in [0.4, 0.5) is 5.69 Å². The normalized spacial score (nSPS) is 10.7. The molecule has 0 fully saturated rings. The Labute approximate surface area is 157 Å². The Balaban J connectivity index is 1.81. The first kappa shape index (κ1) is 18.2. The Morgan fingerprint density at radius 1 is 1.35 bits per heavy atom. The molecular weight excluding hydrogens is 376 g/mol. The van der Waals surface area contributed by atoms with Gasteiger partial charge in [-0.3, -0.25) is 14.2 Å². The SMILES string of the molecule is COc1ccc(NC(=O)Cn2cnc3nc(SC)sc3c2=O)c(OC)c1. The molecule has 3 rings (SSSR count). The van der Waals surface area contributed by atoms with Gasteiger partial charge in [-0.25, -0.2) is 9.97 Å². The van der Waals surface area contributed by atoms with E-state index < -0.39 is 0 Å². The average Bonchev–Trinajstić information content (AvgIpc) is 3.08. The Morgan fingerprint density at radius 2 is 2.15 bits per heavy atom. The number of aromatic nitrogens is 3. The highest BCUT2D eigenvalue weighted by atomic mass is 32.2. The number of ether oxygens (including phenoxy) is 2. The zero-order chi connectivity index (χ0) is 18.7. The number of amides is 1. The van der Waals surface area contributed by atoms with Crippen LogP contribution in [-0.2, 0) is 11.3 Å². The summed E-state index contributed by atoms with van der Waals surface area (Å²) in [6.07, 6.45) is 3.21. The number of methoxy groups -OCH3 is 2. The van der Waals surface area contributed by atoms with Crippen LogP contribution in [0.5, 0.6) is 11.5 Å². The number of benzene rings is 1. The number of fused-ring (bicyclic) bond motifs is 1. The van der Waals surface area contributed by atoms with Crippen LogP contribution in [0.1, 0.15) is 0 Å². The van der Waals surface area contributed by atoms with Gasteiger partial charge in [-0.1, -0.05) is 11.8 Å².